The largest absolute Gasteiger partial charge is 0.336 e. The fourth-order valence-electron chi connectivity index (χ4n) is 2.03. The van der Waals surface area contributed by atoms with E-state index in [9.17, 15) is 10.1 Å². The predicted octanol–water partition coefficient (Wildman–Crippen LogP) is 2.92. The molecule has 0 saturated heterocycles. The smallest absolute Gasteiger partial charge is 0.225 e. The van der Waals surface area contributed by atoms with E-state index in [1.165, 1.54) is 0 Å². The number of nitriles is 1. The third-order valence-electron chi connectivity index (χ3n) is 3.18. The third-order valence-corrected chi connectivity index (χ3v) is 3.18. The lowest BCUT2D eigenvalue weighted by molar-refractivity contribution is -0.120. The van der Waals surface area contributed by atoms with Gasteiger partial charge < -0.3 is 5.32 Å². The molecule has 0 aliphatic carbocycles. The molecular weight excluding hydrogens is 248 g/mol. The standard InChI is InChI=1S/C17H16N2O/c1-13-7-5-6-10-15(13)11-17(20)19-16(12-18)14-8-3-2-4-9-14/h2-10,16H,11H2,1H3,(H,19,20). The van der Waals surface area contributed by atoms with Gasteiger partial charge in [-0.05, 0) is 23.6 Å². The van der Waals surface area contributed by atoms with Crippen LogP contribution in [0.1, 0.15) is 22.7 Å². The Hall–Kier alpha value is -2.60. The van der Waals surface area contributed by atoms with Crippen LogP contribution in [0.5, 0.6) is 0 Å². The van der Waals surface area contributed by atoms with Crippen LogP contribution in [0.3, 0.4) is 0 Å². The van der Waals surface area contributed by atoms with Gasteiger partial charge in [-0.3, -0.25) is 4.79 Å². The fraction of sp³-hybridized carbons (Fsp3) is 0.176. The van der Waals surface area contributed by atoms with Crippen molar-refractivity contribution in [3.63, 3.8) is 0 Å². The van der Waals surface area contributed by atoms with Gasteiger partial charge in [-0.1, -0.05) is 54.6 Å². The summed E-state index contributed by atoms with van der Waals surface area (Å²) < 4.78 is 0. The lowest BCUT2D eigenvalue weighted by Crippen LogP contribution is -2.29. The van der Waals surface area contributed by atoms with Gasteiger partial charge in [0.1, 0.15) is 6.04 Å². The Kier molecular flexibility index (Phi) is 4.52. The summed E-state index contributed by atoms with van der Waals surface area (Å²) >= 11 is 0. The summed E-state index contributed by atoms with van der Waals surface area (Å²) in [5.74, 6) is -0.144. The predicted molar refractivity (Wildman–Crippen MR) is 77.8 cm³/mol. The molecule has 2 aromatic rings. The number of aryl methyl sites for hydroxylation is 1. The second kappa shape index (κ2) is 6.53. The number of amides is 1. The average molecular weight is 264 g/mol. The van der Waals surface area contributed by atoms with E-state index in [0.29, 0.717) is 0 Å². The number of rotatable bonds is 4. The molecule has 0 heterocycles. The number of benzene rings is 2. The second-order valence-corrected chi connectivity index (χ2v) is 4.64. The molecule has 0 saturated carbocycles. The van der Waals surface area contributed by atoms with Gasteiger partial charge in [0.05, 0.1) is 12.5 Å². The highest BCUT2D eigenvalue weighted by Crippen LogP contribution is 2.12. The molecular formula is C17H16N2O. The third kappa shape index (κ3) is 3.46. The number of carbonyl (C=O) groups excluding carboxylic acids is 1. The summed E-state index contributed by atoms with van der Waals surface area (Å²) in [5, 5.41) is 11.9. The quantitative estimate of drug-likeness (QED) is 0.923. The van der Waals surface area contributed by atoms with E-state index in [1.807, 2.05) is 61.5 Å². The molecule has 100 valence electrons. The summed E-state index contributed by atoms with van der Waals surface area (Å²) in [4.78, 5) is 12.0. The first kappa shape index (κ1) is 13.8. The van der Waals surface area contributed by atoms with E-state index in [2.05, 4.69) is 11.4 Å². The molecule has 1 N–H and O–H groups in total. The van der Waals surface area contributed by atoms with Gasteiger partial charge in [0.25, 0.3) is 0 Å². The molecule has 0 aromatic heterocycles. The molecule has 0 radical (unpaired) electrons. The first-order valence-electron chi connectivity index (χ1n) is 6.49. The Morgan fingerprint density at radius 1 is 1.15 bits per heavy atom. The van der Waals surface area contributed by atoms with Crippen molar-refractivity contribution in [1.29, 1.82) is 5.26 Å². The van der Waals surface area contributed by atoms with Crippen molar-refractivity contribution in [2.75, 3.05) is 0 Å². The summed E-state index contributed by atoms with van der Waals surface area (Å²) in [6, 6.07) is 18.5. The van der Waals surface area contributed by atoms with Crippen LogP contribution in [-0.2, 0) is 11.2 Å². The minimum atomic E-state index is -0.604. The number of nitrogens with one attached hydrogen (secondary N) is 1. The van der Waals surface area contributed by atoms with Gasteiger partial charge in [0.2, 0.25) is 5.91 Å². The maximum atomic E-state index is 12.0. The Morgan fingerprint density at radius 2 is 1.80 bits per heavy atom. The lowest BCUT2D eigenvalue weighted by Gasteiger charge is -2.12. The molecule has 1 amide bonds. The van der Waals surface area contributed by atoms with Crippen LogP contribution in [0.15, 0.2) is 54.6 Å². The Bertz CT molecular complexity index is 629. The SMILES string of the molecule is Cc1ccccc1CC(=O)NC(C#N)c1ccccc1. The topological polar surface area (TPSA) is 52.9 Å². The summed E-state index contributed by atoms with van der Waals surface area (Å²) in [6.45, 7) is 1.97. The maximum Gasteiger partial charge on any atom is 0.225 e. The summed E-state index contributed by atoms with van der Waals surface area (Å²) in [7, 11) is 0. The Labute approximate surface area is 118 Å². The van der Waals surface area contributed by atoms with Crippen LogP contribution >= 0.6 is 0 Å². The molecule has 1 unspecified atom stereocenters. The van der Waals surface area contributed by atoms with Gasteiger partial charge in [-0.15, -0.1) is 0 Å². The van der Waals surface area contributed by atoms with Gasteiger partial charge in [-0.25, -0.2) is 0 Å². The van der Waals surface area contributed by atoms with E-state index >= 15 is 0 Å². The summed E-state index contributed by atoms with van der Waals surface area (Å²) in [5.41, 5.74) is 2.86. The second-order valence-electron chi connectivity index (χ2n) is 4.64. The zero-order valence-corrected chi connectivity index (χ0v) is 11.3. The molecule has 0 bridgehead atoms. The zero-order chi connectivity index (χ0) is 14.4. The van der Waals surface area contributed by atoms with Crippen molar-refractivity contribution in [2.24, 2.45) is 0 Å². The highest BCUT2D eigenvalue weighted by molar-refractivity contribution is 5.79. The van der Waals surface area contributed by atoms with E-state index in [-0.39, 0.29) is 12.3 Å². The van der Waals surface area contributed by atoms with Gasteiger partial charge in [0, 0.05) is 0 Å². The molecule has 2 aromatic carbocycles. The van der Waals surface area contributed by atoms with Gasteiger partial charge in [-0.2, -0.15) is 5.26 Å². The fourth-order valence-corrected chi connectivity index (χ4v) is 2.03. The van der Waals surface area contributed by atoms with Crippen LogP contribution < -0.4 is 5.32 Å². The molecule has 2 rings (SSSR count). The molecule has 0 aliphatic heterocycles. The molecule has 3 heteroatoms. The number of hydrogen-bond acceptors (Lipinski definition) is 2. The first-order valence-corrected chi connectivity index (χ1v) is 6.49. The average Bonchev–Trinajstić information content (AvgIpc) is 2.48. The Balaban J connectivity index is 2.04. The van der Waals surface area contributed by atoms with Crippen LogP contribution in [0.2, 0.25) is 0 Å². The van der Waals surface area contributed by atoms with Crippen molar-refractivity contribution in [3.05, 3.63) is 71.3 Å². The minimum absolute atomic E-state index is 0.144. The number of hydrogen-bond donors (Lipinski definition) is 1. The zero-order valence-electron chi connectivity index (χ0n) is 11.3. The van der Waals surface area contributed by atoms with Crippen LogP contribution in [0, 0.1) is 18.3 Å². The van der Waals surface area contributed by atoms with Crippen molar-refractivity contribution in [1.82, 2.24) is 5.32 Å². The van der Waals surface area contributed by atoms with Crippen LogP contribution in [0.4, 0.5) is 0 Å². The number of nitrogens with zero attached hydrogens (tertiary/aromatic N) is 1. The highest BCUT2D eigenvalue weighted by Gasteiger charge is 2.14. The Morgan fingerprint density at radius 3 is 2.45 bits per heavy atom. The normalized spacial score (nSPS) is 11.4. The maximum absolute atomic E-state index is 12.0. The highest BCUT2D eigenvalue weighted by atomic mass is 16.1. The summed E-state index contributed by atoms with van der Waals surface area (Å²) in [6.07, 6.45) is 0.289. The van der Waals surface area contributed by atoms with Gasteiger partial charge in [0.15, 0.2) is 0 Å². The molecule has 20 heavy (non-hydrogen) atoms. The number of carbonyl (C=O) groups is 1. The van der Waals surface area contributed by atoms with Crippen molar-refractivity contribution < 1.29 is 4.79 Å². The van der Waals surface area contributed by atoms with E-state index in [4.69, 9.17) is 0 Å². The van der Waals surface area contributed by atoms with E-state index in [0.717, 1.165) is 16.7 Å². The van der Waals surface area contributed by atoms with E-state index < -0.39 is 6.04 Å². The first-order chi connectivity index (χ1) is 9.70. The molecule has 0 spiro atoms. The minimum Gasteiger partial charge on any atom is -0.336 e. The van der Waals surface area contributed by atoms with Crippen molar-refractivity contribution in [3.8, 4) is 6.07 Å². The van der Waals surface area contributed by atoms with E-state index in [1.54, 1.807) is 0 Å². The monoisotopic (exact) mass is 264 g/mol. The molecule has 1 atom stereocenters. The van der Waals surface area contributed by atoms with Crippen molar-refractivity contribution in [2.45, 2.75) is 19.4 Å². The van der Waals surface area contributed by atoms with Crippen LogP contribution in [-0.4, -0.2) is 5.91 Å². The van der Waals surface area contributed by atoms with Crippen molar-refractivity contribution >= 4 is 5.91 Å². The molecule has 0 aliphatic rings. The molecule has 0 fully saturated rings. The van der Waals surface area contributed by atoms with Gasteiger partial charge >= 0.3 is 0 Å². The molecule has 3 nitrogen and oxygen atoms in total. The van der Waals surface area contributed by atoms with Crippen LogP contribution in [0.25, 0.3) is 0 Å². The lowest BCUT2D eigenvalue weighted by atomic mass is 10.0.